The van der Waals surface area contributed by atoms with Gasteiger partial charge in [-0.05, 0) is 49.9 Å². The third-order valence-corrected chi connectivity index (χ3v) is 3.41. The normalized spacial score (nSPS) is 12.2. The van der Waals surface area contributed by atoms with Gasteiger partial charge in [0.25, 0.3) is 0 Å². The van der Waals surface area contributed by atoms with Gasteiger partial charge < -0.3 is 10.1 Å². The first-order chi connectivity index (χ1) is 9.60. The van der Waals surface area contributed by atoms with Gasteiger partial charge in [-0.3, -0.25) is 0 Å². The Morgan fingerprint density at radius 1 is 1.20 bits per heavy atom. The molecule has 2 nitrogen and oxygen atoms in total. The fourth-order valence-electron chi connectivity index (χ4n) is 1.89. The Bertz CT molecular complexity index is 571. The molecule has 0 spiro atoms. The van der Waals surface area contributed by atoms with Gasteiger partial charge in [0.2, 0.25) is 0 Å². The van der Waals surface area contributed by atoms with E-state index in [-0.39, 0.29) is 11.9 Å². The highest BCUT2D eigenvalue weighted by Crippen LogP contribution is 2.28. The van der Waals surface area contributed by atoms with Crippen molar-refractivity contribution in [2.75, 3.05) is 7.05 Å². The Balaban J connectivity index is 2.14. The molecule has 2 aromatic carbocycles. The lowest BCUT2D eigenvalue weighted by molar-refractivity contribution is 0.300. The van der Waals surface area contributed by atoms with Crippen molar-refractivity contribution in [1.82, 2.24) is 5.32 Å². The van der Waals surface area contributed by atoms with E-state index in [1.165, 1.54) is 12.1 Å². The standard InChI is InChI=1S/C16H17ClFNO/c1-11(19-2)15-9-13(17)5-8-16(15)20-10-12-3-6-14(18)7-4-12/h3-9,11,19H,10H2,1-2H3. The maximum atomic E-state index is 12.8. The second kappa shape index (κ2) is 6.73. The third kappa shape index (κ3) is 3.71. The van der Waals surface area contributed by atoms with Crippen LogP contribution in [0.4, 0.5) is 4.39 Å². The van der Waals surface area contributed by atoms with Crippen molar-refractivity contribution in [3.8, 4) is 5.75 Å². The number of ether oxygens (including phenoxy) is 1. The highest BCUT2D eigenvalue weighted by molar-refractivity contribution is 6.30. The van der Waals surface area contributed by atoms with E-state index in [0.29, 0.717) is 11.6 Å². The molecule has 106 valence electrons. The van der Waals surface area contributed by atoms with Crippen molar-refractivity contribution < 1.29 is 9.13 Å². The Morgan fingerprint density at radius 2 is 1.90 bits per heavy atom. The number of hydrogen-bond donors (Lipinski definition) is 1. The maximum Gasteiger partial charge on any atom is 0.124 e. The summed E-state index contributed by atoms with van der Waals surface area (Å²) in [6.45, 7) is 2.43. The quantitative estimate of drug-likeness (QED) is 0.885. The Labute approximate surface area is 123 Å². The summed E-state index contributed by atoms with van der Waals surface area (Å²) in [5.41, 5.74) is 1.92. The molecule has 4 heteroatoms. The van der Waals surface area contributed by atoms with Crippen molar-refractivity contribution in [3.63, 3.8) is 0 Å². The molecule has 20 heavy (non-hydrogen) atoms. The summed E-state index contributed by atoms with van der Waals surface area (Å²) in [6, 6.07) is 12.0. The van der Waals surface area contributed by atoms with Crippen molar-refractivity contribution in [2.24, 2.45) is 0 Å². The van der Waals surface area contributed by atoms with E-state index < -0.39 is 0 Å². The third-order valence-electron chi connectivity index (χ3n) is 3.18. The van der Waals surface area contributed by atoms with Gasteiger partial charge in [0.05, 0.1) is 0 Å². The van der Waals surface area contributed by atoms with Crippen LogP contribution in [-0.4, -0.2) is 7.05 Å². The predicted molar refractivity (Wildman–Crippen MR) is 79.7 cm³/mol. The first-order valence-corrected chi connectivity index (χ1v) is 6.82. The van der Waals surface area contributed by atoms with E-state index in [1.54, 1.807) is 18.2 Å². The van der Waals surface area contributed by atoms with Gasteiger partial charge in [-0.1, -0.05) is 23.7 Å². The smallest absolute Gasteiger partial charge is 0.124 e. The molecule has 0 aromatic heterocycles. The average molecular weight is 294 g/mol. The van der Waals surface area contributed by atoms with Crippen LogP contribution in [0.2, 0.25) is 5.02 Å². The zero-order chi connectivity index (χ0) is 14.5. The summed E-state index contributed by atoms with van der Waals surface area (Å²) in [6.07, 6.45) is 0. The Morgan fingerprint density at radius 3 is 2.55 bits per heavy atom. The molecule has 0 amide bonds. The molecular formula is C16H17ClFNO. The molecular weight excluding hydrogens is 277 g/mol. The van der Waals surface area contributed by atoms with Crippen LogP contribution >= 0.6 is 11.6 Å². The molecule has 0 heterocycles. The van der Waals surface area contributed by atoms with E-state index >= 15 is 0 Å². The second-order valence-corrected chi connectivity index (χ2v) is 5.04. The van der Waals surface area contributed by atoms with Gasteiger partial charge in [-0.2, -0.15) is 0 Å². The van der Waals surface area contributed by atoms with E-state index in [9.17, 15) is 4.39 Å². The minimum atomic E-state index is -0.246. The van der Waals surface area contributed by atoms with Crippen molar-refractivity contribution in [1.29, 1.82) is 0 Å². The van der Waals surface area contributed by atoms with E-state index in [0.717, 1.165) is 16.9 Å². The van der Waals surface area contributed by atoms with Crippen LogP contribution in [0.1, 0.15) is 24.1 Å². The maximum absolute atomic E-state index is 12.8. The SMILES string of the molecule is CNC(C)c1cc(Cl)ccc1OCc1ccc(F)cc1. The van der Waals surface area contributed by atoms with Crippen LogP contribution < -0.4 is 10.1 Å². The number of halogens is 2. The molecule has 0 fully saturated rings. The summed E-state index contributed by atoms with van der Waals surface area (Å²) < 4.78 is 18.7. The van der Waals surface area contributed by atoms with Crippen molar-refractivity contribution >= 4 is 11.6 Å². The summed E-state index contributed by atoms with van der Waals surface area (Å²) in [5, 5.41) is 3.84. The highest BCUT2D eigenvalue weighted by atomic mass is 35.5. The van der Waals surface area contributed by atoms with Crippen molar-refractivity contribution in [3.05, 3.63) is 64.4 Å². The molecule has 0 aliphatic rings. The van der Waals surface area contributed by atoms with Gasteiger partial charge in [-0.15, -0.1) is 0 Å². The molecule has 2 rings (SSSR count). The first-order valence-electron chi connectivity index (χ1n) is 6.44. The molecule has 1 N–H and O–H groups in total. The monoisotopic (exact) mass is 293 g/mol. The summed E-state index contributed by atoms with van der Waals surface area (Å²) in [5.74, 6) is 0.533. The molecule has 0 saturated heterocycles. The zero-order valence-corrected chi connectivity index (χ0v) is 12.2. The molecule has 0 saturated carbocycles. The van der Waals surface area contributed by atoms with Gasteiger partial charge >= 0.3 is 0 Å². The lowest BCUT2D eigenvalue weighted by Gasteiger charge is -2.17. The van der Waals surface area contributed by atoms with Crippen molar-refractivity contribution in [2.45, 2.75) is 19.6 Å². The molecule has 2 aromatic rings. The van der Waals surface area contributed by atoms with Gasteiger partial charge in [-0.25, -0.2) is 4.39 Å². The van der Waals surface area contributed by atoms with E-state index in [2.05, 4.69) is 5.32 Å². The Hall–Kier alpha value is -1.58. The lowest BCUT2D eigenvalue weighted by atomic mass is 10.1. The lowest BCUT2D eigenvalue weighted by Crippen LogP contribution is -2.13. The van der Waals surface area contributed by atoms with Crippen LogP contribution in [0, 0.1) is 5.82 Å². The fraction of sp³-hybridized carbons (Fsp3) is 0.250. The highest BCUT2D eigenvalue weighted by Gasteiger charge is 2.11. The largest absolute Gasteiger partial charge is 0.489 e. The van der Waals surface area contributed by atoms with Crippen LogP contribution in [-0.2, 0) is 6.61 Å². The molecule has 0 aliphatic heterocycles. The number of hydrogen-bond acceptors (Lipinski definition) is 2. The number of rotatable bonds is 5. The summed E-state index contributed by atoms with van der Waals surface area (Å²) >= 11 is 6.03. The molecule has 0 bridgehead atoms. The molecule has 1 atom stereocenters. The van der Waals surface area contributed by atoms with Crippen LogP contribution in [0.25, 0.3) is 0 Å². The topological polar surface area (TPSA) is 21.3 Å². The van der Waals surface area contributed by atoms with Gasteiger partial charge in [0.1, 0.15) is 18.2 Å². The summed E-state index contributed by atoms with van der Waals surface area (Å²) in [7, 11) is 1.88. The second-order valence-electron chi connectivity index (χ2n) is 4.61. The number of nitrogens with one attached hydrogen (secondary N) is 1. The molecule has 0 aliphatic carbocycles. The Kier molecular flexibility index (Phi) is 4.99. The van der Waals surface area contributed by atoms with E-state index in [4.69, 9.17) is 16.3 Å². The minimum Gasteiger partial charge on any atom is -0.489 e. The van der Waals surface area contributed by atoms with Gasteiger partial charge in [0, 0.05) is 16.6 Å². The average Bonchev–Trinajstić information content (AvgIpc) is 2.46. The molecule has 1 unspecified atom stereocenters. The van der Waals surface area contributed by atoms with E-state index in [1.807, 2.05) is 26.1 Å². The summed E-state index contributed by atoms with van der Waals surface area (Å²) in [4.78, 5) is 0. The fourth-order valence-corrected chi connectivity index (χ4v) is 2.07. The van der Waals surface area contributed by atoms with Crippen LogP contribution in [0.3, 0.4) is 0 Å². The number of benzene rings is 2. The zero-order valence-electron chi connectivity index (χ0n) is 11.5. The first kappa shape index (κ1) is 14.8. The van der Waals surface area contributed by atoms with Crippen LogP contribution in [0.5, 0.6) is 5.75 Å². The van der Waals surface area contributed by atoms with Gasteiger partial charge in [0.15, 0.2) is 0 Å². The minimum absolute atomic E-state index is 0.136. The van der Waals surface area contributed by atoms with Crippen LogP contribution in [0.15, 0.2) is 42.5 Å². The predicted octanol–water partition coefficient (Wildman–Crippen LogP) is 4.34. The molecule has 0 radical (unpaired) electrons.